The van der Waals surface area contributed by atoms with Crippen LogP contribution in [-0.4, -0.2) is 22.1 Å². The Hall–Kier alpha value is -4.57. The summed E-state index contributed by atoms with van der Waals surface area (Å²) in [5.41, 5.74) is 3.81. The SMILES string of the molecule is CCOC(=O)C1=C(C)N=c2s/c(=C\c3ccc(-c4cc([N+](=O)[O-])ccc4C)o3)c(=O)n2[C@@H]1c1ccc(C(C)C)cc1. The number of aryl methyl sites for hydroxylation is 1. The van der Waals surface area contributed by atoms with Crippen LogP contribution in [-0.2, 0) is 9.53 Å². The molecule has 4 aromatic rings. The fourth-order valence-corrected chi connectivity index (χ4v) is 5.89. The smallest absolute Gasteiger partial charge is 0.338 e. The molecule has 1 atom stereocenters. The van der Waals surface area contributed by atoms with Gasteiger partial charge in [0.1, 0.15) is 11.5 Å². The third kappa shape index (κ3) is 5.30. The predicted octanol–water partition coefficient (Wildman–Crippen LogP) is 5.40. The van der Waals surface area contributed by atoms with Crippen LogP contribution >= 0.6 is 11.3 Å². The Kier molecular flexibility index (Phi) is 7.59. The summed E-state index contributed by atoms with van der Waals surface area (Å²) in [5, 5.41) is 11.3. The van der Waals surface area contributed by atoms with Crippen LogP contribution in [0.2, 0.25) is 0 Å². The van der Waals surface area contributed by atoms with Crippen LogP contribution in [0.5, 0.6) is 0 Å². The summed E-state index contributed by atoms with van der Waals surface area (Å²) >= 11 is 1.20. The van der Waals surface area contributed by atoms with Crippen molar-refractivity contribution in [2.45, 2.75) is 46.6 Å². The zero-order valence-corrected chi connectivity index (χ0v) is 24.2. The van der Waals surface area contributed by atoms with E-state index in [1.54, 1.807) is 38.1 Å². The minimum absolute atomic E-state index is 0.0361. The van der Waals surface area contributed by atoms with Crippen LogP contribution in [0.3, 0.4) is 0 Å². The molecular weight excluding hydrogens is 542 g/mol. The number of hydrogen-bond acceptors (Lipinski definition) is 8. The zero-order chi connectivity index (χ0) is 29.4. The molecule has 0 saturated heterocycles. The number of thiazole rings is 1. The zero-order valence-electron chi connectivity index (χ0n) is 23.3. The van der Waals surface area contributed by atoms with E-state index in [-0.39, 0.29) is 17.9 Å². The molecule has 2 aromatic carbocycles. The lowest BCUT2D eigenvalue weighted by atomic mass is 9.93. The summed E-state index contributed by atoms with van der Waals surface area (Å²) in [6.07, 6.45) is 1.63. The van der Waals surface area contributed by atoms with E-state index < -0.39 is 16.9 Å². The van der Waals surface area contributed by atoms with Crippen molar-refractivity contribution >= 4 is 29.1 Å². The van der Waals surface area contributed by atoms with Gasteiger partial charge in [-0.1, -0.05) is 55.5 Å². The molecule has 3 heterocycles. The van der Waals surface area contributed by atoms with Crippen LogP contribution in [0.25, 0.3) is 17.4 Å². The van der Waals surface area contributed by atoms with E-state index in [9.17, 15) is 19.7 Å². The van der Waals surface area contributed by atoms with Gasteiger partial charge in [-0.15, -0.1) is 0 Å². The number of nitro benzene ring substituents is 1. The molecule has 0 radical (unpaired) electrons. The number of aromatic nitrogens is 1. The summed E-state index contributed by atoms with van der Waals surface area (Å²) in [6.45, 7) is 9.74. The average molecular weight is 572 g/mol. The molecule has 0 N–H and O–H groups in total. The number of nitrogens with zero attached hydrogens (tertiary/aromatic N) is 3. The van der Waals surface area contributed by atoms with Gasteiger partial charge in [0.25, 0.3) is 11.2 Å². The van der Waals surface area contributed by atoms with Crippen molar-refractivity contribution in [3.05, 3.63) is 118 Å². The number of furan rings is 1. The maximum absolute atomic E-state index is 13.9. The fraction of sp³-hybridized carbons (Fsp3) is 0.258. The van der Waals surface area contributed by atoms with Gasteiger partial charge in [0.2, 0.25) is 0 Å². The summed E-state index contributed by atoms with van der Waals surface area (Å²) in [6, 6.07) is 15.2. The summed E-state index contributed by atoms with van der Waals surface area (Å²) in [4.78, 5) is 42.8. The first-order valence-corrected chi connectivity index (χ1v) is 14.1. The highest BCUT2D eigenvalue weighted by Crippen LogP contribution is 2.32. The molecule has 0 aliphatic carbocycles. The number of carbonyl (C=O) groups excluding carboxylic acids is 1. The van der Waals surface area contributed by atoms with Crippen LogP contribution in [0.1, 0.15) is 62.1 Å². The maximum Gasteiger partial charge on any atom is 0.338 e. The molecule has 0 unspecified atom stereocenters. The minimum atomic E-state index is -0.701. The highest BCUT2D eigenvalue weighted by Gasteiger charge is 2.33. The molecule has 0 fully saturated rings. The third-order valence-corrected chi connectivity index (χ3v) is 8.02. The topological polar surface area (TPSA) is 117 Å². The summed E-state index contributed by atoms with van der Waals surface area (Å²) in [7, 11) is 0. The van der Waals surface area contributed by atoms with Gasteiger partial charge in [0.05, 0.1) is 33.4 Å². The van der Waals surface area contributed by atoms with Gasteiger partial charge < -0.3 is 9.15 Å². The minimum Gasteiger partial charge on any atom is -0.463 e. The molecular formula is C31H29N3O6S. The molecule has 10 heteroatoms. The standard InChI is InChI=1S/C31H29N3O6S/c1-6-39-30(36)27-19(5)32-31-33(28(27)21-10-8-20(9-11-21)17(2)3)29(35)26(41-31)16-23-13-14-25(40-23)24-15-22(34(37)38)12-7-18(24)4/h7-17,28H,6H2,1-5H3/b26-16-/t28-/m1/s1. The number of benzene rings is 2. The number of hydrogen-bond donors (Lipinski definition) is 0. The lowest BCUT2D eigenvalue weighted by molar-refractivity contribution is -0.384. The van der Waals surface area contributed by atoms with E-state index in [4.69, 9.17) is 9.15 Å². The number of rotatable bonds is 7. The van der Waals surface area contributed by atoms with Gasteiger partial charge in [-0.3, -0.25) is 19.5 Å². The molecule has 1 aliphatic heterocycles. The molecule has 0 saturated carbocycles. The van der Waals surface area contributed by atoms with Gasteiger partial charge in [-0.2, -0.15) is 0 Å². The van der Waals surface area contributed by atoms with E-state index in [0.717, 1.165) is 16.7 Å². The normalized spacial score (nSPS) is 15.2. The van der Waals surface area contributed by atoms with Gasteiger partial charge in [-0.05, 0) is 55.5 Å². The fourth-order valence-electron chi connectivity index (χ4n) is 4.86. The number of carbonyl (C=O) groups is 1. The van der Waals surface area contributed by atoms with Crippen molar-refractivity contribution < 1.29 is 18.9 Å². The number of ether oxygens (including phenoxy) is 1. The van der Waals surface area contributed by atoms with Crippen molar-refractivity contribution in [3.63, 3.8) is 0 Å². The van der Waals surface area contributed by atoms with Crippen LogP contribution in [0, 0.1) is 17.0 Å². The lowest BCUT2D eigenvalue weighted by Crippen LogP contribution is -2.39. The van der Waals surface area contributed by atoms with Crippen LogP contribution in [0.4, 0.5) is 5.69 Å². The van der Waals surface area contributed by atoms with Gasteiger partial charge in [-0.25, -0.2) is 9.79 Å². The Morgan fingerprint density at radius 3 is 2.56 bits per heavy atom. The highest BCUT2D eigenvalue weighted by molar-refractivity contribution is 7.07. The van der Waals surface area contributed by atoms with Gasteiger partial charge in [0, 0.05) is 23.8 Å². The number of fused-ring (bicyclic) bond motifs is 1. The van der Waals surface area contributed by atoms with E-state index >= 15 is 0 Å². The van der Waals surface area contributed by atoms with Crippen molar-refractivity contribution in [2.75, 3.05) is 6.61 Å². The first kappa shape index (κ1) is 28.0. The average Bonchev–Trinajstić information content (AvgIpc) is 3.52. The van der Waals surface area contributed by atoms with Crippen LogP contribution in [0.15, 0.2) is 80.1 Å². The second kappa shape index (κ2) is 11.1. The Bertz CT molecular complexity index is 1880. The molecule has 9 nitrogen and oxygen atoms in total. The van der Waals surface area contributed by atoms with Crippen molar-refractivity contribution in [1.29, 1.82) is 0 Å². The highest BCUT2D eigenvalue weighted by atomic mass is 32.1. The molecule has 0 amide bonds. The monoisotopic (exact) mass is 571 g/mol. The first-order valence-electron chi connectivity index (χ1n) is 13.2. The van der Waals surface area contributed by atoms with E-state index in [1.165, 1.54) is 28.0 Å². The van der Waals surface area contributed by atoms with E-state index in [0.29, 0.717) is 43.6 Å². The lowest BCUT2D eigenvalue weighted by Gasteiger charge is -2.25. The number of non-ortho nitro benzene ring substituents is 1. The number of nitro groups is 1. The Labute approximate surface area is 239 Å². The summed E-state index contributed by atoms with van der Waals surface area (Å²) in [5.74, 6) is 0.685. The molecule has 0 spiro atoms. The Morgan fingerprint density at radius 2 is 1.90 bits per heavy atom. The second-order valence-electron chi connectivity index (χ2n) is 10.1. The molecule has 0 bridgehead atoms. The molecule has 41 heavy (non-hydrogen) atoms. The Balaban J connectivity index is 1.62. The first-order chi connectivity index (χ1) is 19.6. The van der Waals surface area contributed by atoms with E-state index in [1.807, 2.05) is 31.2 Å². The van der Waals surface area contributed by atoms with Gasteiger partial charge >= 0.3 is 5.97 Å². The molecule has 1 aliphatic rings. The van der Waals surface area contributed by atoms with Crippen molar-refractivity contribution in [1.82, 2.24) is 4.57 Å². The number of esters is 1. The largest absolute Gasteiger partial charge is 0.463 e. The molecule has 210 valence electrons. The Morgan fingerprint density at radius 1 is 1.17 bits per heavy atom. The van der Waals surface area contributed by atoms with Gasteiger partial charge in [0.15, 0.2) is 4.80 Å². The predicted molar refractivity (Wildman–Crippen MR) is 156 cm³/mol. The van der Waals surface area contributed by atoms with Crippen molar-refractivity contribution in [3.8, 4) is 11.3 Å². The van der Waals surface area contributed by atoms with Crippen LogP contribution < -0.4 is 14.9 Å². The van der Waals surface area contributed by atoms with E-state index in [2.05, 4.69) is 18.8 Å². The van der Waals surface area contributed by atoms with Crippen molar-refractivity contribution in [2.24, 2.45) is 4.99 Å². The third-order valence-electron chi connectivity index (χ3n) is 7.03. The molecule has 5 rings (SSSR count). The number of allylic oxidation sites excluding steroid dienone is 1. The second-order valence-corrected chi connectivity index (χ2v) is 11.1. The molecule has 2 aromatic heterocycles. The quantitative estimate of drug-likeness (QED) is 0.167. The maximum atomic E-state index is 13.9. The summed E-state index contributed by atoms with van der Waals surface area (Å²) < 4.78 is 13.3.